The quantitative estimate of drug-likeness (QED) is 0.845. The molecule has 92 valence electrons. The van der Waals surface area contributed by atoms with Crippen LogP contribution >= 0.6 is 0 Å². The molecule has 0 heterocycles. The van der Waals surface area contributed by atoms with E-state index in [1.165, 1.54) is 24.0 Å². The molecule has 1 aromatic carbocycles. The minimum absolute atomic E-state index is 0.0581. The Bertz CT molecular complexity index is 398. The zero-order valence-corrected chi connectivity index (χ0v) is 10.3. The first-order valence-electron chi connectivity index (χ1n) is 6.58. The summed E-state index contributed by atoms with van der Waals surface area (Å²) in [7, 11) is 1.72. The molecule has 1 aromatic rings. The molecule has 2 heteroatoms. The van der Waals surface area contributed by atoms with Crippen LogP contribution in [0.3, 0.4) is 0 Å². The molecule has 0 radical (unpaired) electrons. The average Bonchev–Trinajstić information content (AvgIpc) is 3.11. The van der Waals surface area contributed by atoms with Gasteiger partial charge < -0.3 is 9.84 Å². The molecule has 17 heavy (non-hydrogen) atoms. The highest BCUT2D eigenvalue weighted by atomic mass is 16.5. The van der Waals surface area contributed by atoms with Gasteiger partial charge in [-0.25, -0.2) is 0 Å². The van der Waals surface area contributed by atoms with Crippen molar-refractivity contribution in [1.29, 1.82) is 0 Å². The second-order valence-electron chi connectivity index (χ2n) is 5.44. The number of fused-ring (bicyclic) bond motifs is 1. The lowest BCUT2D eigenvalue weighted by atomic mass is 9.74. The van der Waals surface area contributed by atoms with Gasteiger partial charge in [-0.2, -0.15) is 0 Å². The predicted molar refractivity (Wildman–Crippen MR) is 67.0 cm³/mol. The van der Waals surface area contributed by atoms with Crippen LogP contribution in [-0.4, -0.2) is 24.4 Å². The minimum Gasteiger partial charge on any atom is -0.390 e. The maximum atomic E-state index is 10.3. The van der Waals surface area contributed by atoms with E-state index < -0.39 is 0 Å². The first-order chi connectivity index (χ1) is 8.29. The molecule has 1 fully saturated rings. The molecule has 0 spiro atoms. The van der Waals surface area contributed by atoms with E-state index in [1.54, 1.807) is 7.11 Å². The van der Waals surface area contributed by atoms with E-state index in [4.69, 9.17) is 4.74 Å². The normalized spacial score (nSPS) is 25.9. The highest BCUT2D eigenvalue weighted by Crippen LogP contribution is 2.41. The Labute approximate surface area is 103 Å². The fourth-order valence-corrected chi connectivity index (χ4v) is 3.09. The highest BCUT2D eigenvalue weighted by Gasteiger charge is 2.38. The van der Waals surface area contributed by atoms with Gasteiger partial charge in [0.1, 0.15) is 0 Å². The molecule has 0 amide bonds. The molecule has 3 atom stereocenters. The van der Waals surface area contributed by atoms with Crippen LogP contribution < -0.4 is 0 Å². The summed E-state index contributed by atoms with van der Waals surface area (Å²) >= 11 is 0. The standard InChI is InChI=1S/C15H20O2/c1-17-15(10-6-7-10)14(16)9-12-8-11-4-2-3-5-13(11)12/h2-5,10,12,14-16H,6-9H2,1H3. The van der Waals surface area contributed by atoms with Crippen molar-refractivity contribution in [3.8, 4) is 0 Å². The predicted octanol–water partition coefficient (Wildman–Crippen LogP) is 2.50. The Morgan fingerprint density at radius 1 is 1.35 bits per heavy atom. The number of ether oxygens (including phenoxy) is 1. The monoisotopic (exact) mass is 232 g/mol. The molecular weight excluding hydrogens is 212 g/mol. The van der Waals surface area contributed by atoms with Gasteiger partial charge in [0.25, 0.3) is 0 Å². The zero-order valence-electron chi connectivity index (χ0n) is 10.3. The van der Waals surface area contributed by atoms with Crippen LogP contribution in [0.4, 0.5) is 0 Å². The molecule has 0 saturated heterocycles. The van der Waals surface area contributed by atoms with E-state index in [2.05, 4.69) is 24.3 Å². The number of hydrogen-bond acceptors (Lipinski definition) is 2. The van der Waals surface area contributed by atoms with Gasteiger partial charge in [0.15, 0.2) is 0 Å². The largest absolute Gasteiger partial charge is 0.390 e. The maximum absolute atomic E-state index is 10.3. The molecule has 2 nitrogen and oxygen atoms in total. The van der Waals surface area contributed by atoms with Crippen LogP contribution in [-0.2, 0) is 11.2 Å². The molecule has 0 aliphatic heterocycles. The highest BCUT2D eigenvalue weighted by molar-refractivity contribution is 5.39. The van der Waals surface area contributed by atoms with Crippen molar-refractivity contribution >= 4 is 0 Å². The Balaban J connectivity index is 1.61. The third-order valence-corrected chi connectivity index (χ3v) is 4.23. The van der Waals surface area contributed by atoms with Gasteiger partial charge in [-0.1, -0.05) is 24.3 Å². The Morgan fingerprint density at radius 2 is 2.12 bits per heavy atom. The number of aliphatic hydroxyl groups is 1. The number of rotatable bonds is 5. The van der Waals surface area contributed by atoms with E-state index in [1.807, 2.05) is 0 Å². The van der Waals surface area contributed by atoms with Crippen molar-refractivity contribution < 1.29 is 9.84 Å². The molecule has 3 rings (SSSR count). The first-order valence-corrected chi connectivity index (χ1v) is 6.58. The zero-order chi connectivity index (χ0) is 11.8. The van der Waals surface area contributed by atoms with E-state index in [9.17, 15) is 5.11 Å². The summed E-state index contributed by atoms with van der Waals surface area (Å²) in [5.41, 5.74) is 2.88. The summed E-state index contributed by atoms with van der Waals surface area (Å²) in [5, 5.41) is 10.3. The van der Waals surface area contributed by atoms with Crippen LogP contribution in [0, 0.1) is 5.92 Å². The smallest absolute Gasteiger partial charge is 0.0858 e. The lowest BCUT2D eigenvalue weighted by Gasteiger charge is -2.33. The molecule has 3 unspecified atom stereocenters. The van der Waals surface area contributed by atoms with Crippen LogP contribution in [0.1, 0.15) is 36.3 Å². The molecule has 0 aromatic heterocycles. The number of benzene rings is 1. The molecule has 2 aliphatic carbocycles. The van der Waals surface area contributed by atoms with Crippen LogP contribution in [0.15, 0.2) is 24.3 Å². The summed E-state index contributed by atoms with van der Waals surface area (Å²) in [6, 6.07) is 8.56. The van der Waals surface area contributed by atoms with Gasteiger partial charge >= 0.3 is 0 Å². The average molecular weight is 232 g/mol. The van der Waals surface area contributed by atoms with Crippen molar-refractivity contribution in [3.63, 3.8) is 0 Å². The van der Waals surface area contributed by atoms with Crippen LogP contribution in [0.5, 0.6) is 0 Å². The number of aliphatic hydroxyl groups excluding tert-OH is 1. The maximum Gasteiger partial charge on any atom is 0.0858 e. The van der Waals surface area contributed by atoms with E-state index >= 15 is 0 Å². The Morgan fingerprint density at radius 3 is 2.76 bits per heavy atom. The topological polar surface area (TPSA) is 29.5 Å². The van der Waals surface area contributed by atoms with E-state index in [0.29, 0.717) is 11.8 Å². The summed E-state index contributed by atoms with van der Waals surface area (Å²) < 4.78 is 5.44. The van der Waals surface area contributed by atoms with E-state index in [0.717, 1.165) is 12.8 Å². The van der Waals surface area contributed by atoms with Crippen molar-refractivity contribution in [2.75, 3.05) is 7.11 Å². The minimum atomic E-state index is -0.300. The summed E-state index contributed by atoms with van der Waals surface area (Å²) in [6.07, 6.45) is 4.17. The van der Waals surface area contributed by atoms with Crippen molar-refractivity contribution in [1.82, 2.24) is 0 Å². The van der Waals surface area contributed by atoms with Crippen LogP contribution in [0.25, 0.3) is 0 Å². The first kappa shape index (κ1) is 11.2. The third-order valence-electron chi connectivity index (χ3n) is 4.23. The number of hydrogen-bond donors (Lipinski definition) is 1. The fourth-order valence-electron chi connectivity index (χ4n) is 3.09. The second-order valence-corrected chi connectivity index (χ2v) is 5.44. The molecule has 2 aliphatic rings. The van der Waals surface area contributed by atoms with E-state index in [-0.39, 0.29) is 12.2 Å². The lowest BCUT2D eigenvalue weighted by Crippen LogP contribution is -2.33. The third kappa shape index (κ3) is 2.12. The SMILES string of the molecule is COC(C(O)CC1Cc2ccccc21)C1CC1. The lowest BCUT2D eigenvalue weighted by molar-refractivity contribution is -0.0317. The molecule has 1 N–H and O–H groups in total. The van der Waals surface area contributed by atoms with Gasteiger partial charge in [-0.3, -0.25) is 0 Å². The van der Waals surface area contributed by atoms with Gasteiger partial charge in [-0.15, -0.1) is 0 Å². The fraction of sp³-hybridized carbons (Fsp3) is 0.600. The van der Waals surface area contributed by atoms with Crippen LogP contribution in [0.2, 0.25) is 0 Å². The summed E-state index contributed by atoms with van der Waals surface area (Å²) in [5.74, 6) is 1.14. The Hall–Kier alpha value is -0.860. The van der Waals surface area contributed by atoms with Gasteiger partial charge in [0.2, 0.25) is 0 Å². The van der Waals surface area contributed by atoms with Gasteiger partial charge in [0.05, 0.1) is 12.2 Å². The summed E-state index contributed by atoms with van der Waals surface area (Å²) in [6.45, 7) is 0. The Kier molecular flexibility index (Phi) is 2.93. The number of methoxy groups -OCH3 is 1. The van der Waals surface area contributed by atoms with Gasteiger partial charge in [-0.05, 0) is 48.6 Å². The van der Waals surface area contributed by atoms with Crippen molar-refractivity contribution in [3.05, 3.63) is 35.4 Å². The second kappa shape index (κ2) is 4.43. The van der Waals surface area contributed by atoms with Crippen molar-refractivity contribution in [2.24, 2.45) is 5.92 Å². The molecule has 1 saturated carbocycles. The molecular formula is C15H20O2. The van der Waals surface area contributed by atoms with Crippen molar-refractivity contribution in [2.45, 2.75) is 43.8 Å². The molecule has 0 bridgehead atoms. The van der Waals surface area contributed by atoms with Gasteiger partial charge in [0, 0.05) is 7.11 Å². The summed E-state index contributed by atoms with van der Waals surface area (Å²) in [4.78, 5) is 0.